The van der Waals surface area contributed by atoms with Crippen LogP contribution in [0.3, 0.4) is 0 Å². The van der Waals surface area contributed by atoms with E-state index in [-0.39, 0.29) is 0 Å². The molecule has 86 valence electrons. The predicted octanol–water partition coefficient (Wildman–Crippen LogP) is 3.62. The maximum absolute atomic E-state index is 10.5. The number of unbranched alkanes of at least 4 members (excludes halogenated alkanes) is 1. The summed E-state index contributed by atoms with van der Waals surface area (Å²) in [5.41, 5.74) is 0. The van der Waals surface area contributed by atoms with Gasteiger partial charge in [-0.05, 0) is 37.5 Å². The van der Waals surface area contributed by atoms with Gasteiger partial charge in [0.1, 0.15) is 0 Å². The van der Waals surface area contributed by atoms with Crippen LogP contribution in [0.4, 0.5) is 0 Å². The number of carboxylic acids is 1. The van der Waals surface area contributed by atoms with Crippen LogP contribution in [-0.2, 0) is 4.79 Å². The highest BCUT2D eigenvalue weighted by Gasteiger charge is 2.22. The van der Waals surface area contributed by atoms with Gasteiger partial charge < -0.3 is 5.11 Å². The van der Waals surface area contributed by atoms with Crippen molar-refractivity contribution in [2.75, 3.05) is 0 Å². The Balaban J connectivity index is 2.12. The number of aliphatic carboxylic acids is 1. The van der Waals surface area contributed by atoms with Crippen LogP contribution in [0.2, 0.25) is 0 Å². The molecule has 0 atom stereocenters. The third-order valence-electron chi connectivity index (χ3n) is 3.45. The Morgan fingerprint density at radius 2 is 1.87 bits per heavy atom. The molecule has 0 spiro atoms. The number of hydrogen-bond acceptors (Lipinski definition) is 1. The van der Waals surface area contributed by atoms with Gasteiger partial charge in [0.2, 0.25) is 0 Å². The fraction of sp³-hybridized carbons (Fsp3) is 0.769. The molecule has 0 aromatic heterocycles. The second kappa shape index (κ2) is 6.65. The van der Waals surface area contributed by atoms with E-state index in [0.29, 0.717) is 12.3 Å². The predicted molar refractivity (Wildman–Crippen MR) is 61.7 cm³/mol. The van der Waals surface area contributed by atoms with Crippen molar-refractivity contribution in [3.05, 3.63) is 12.7 Å². The van der Waals surface area contributed by atoms with E-state index in [4.69, 9.17) is 5.11 Å². The van der Waals surface area contributed by atoms with Crippen LogP contribution in [0.15, 0.2) is 12.7 Å². The number of allylic oxidation sites excluding steroid dienone is 1. The molecule has 0 radical (unpaired) electrons. The van der Waals surface area contributed by atoms with Gasteiger partial charge in [-0.1, -0.05) is 25.3 Å². The van der Waals surface area contributed by atoms with Gasteiger partial charge in [-0.15, -0.1) is 6.58 Å². The van der Waals surface area contributed by atoms with E-state index in [1.54, 1.807) is 0 Å². The zero-order valence-electron chi connectivity index (χ0n) is 9.45. The van der Waals surface area contributed by atoms with E-state index < -0.39 is 5.97 Å². The Morgan fingerprint density at radius 1 is 1.27 bits per heavy atom. The van der Waals surface area contributed by atoms with E-state index in [9.17, 15) is 4.79 Å². The standard InChI is InChI=1S/C13H22O2/c1-2-3-4-5-11-6-8-12(9-7-11)10-13(14)15/h2,11-12H,1,3-10H2,(H,14,15). The molecule has 15 heavy (non-hydrogen) atoms. The van der Waals surface area contributed by atoms with E-state index in [0.717, 1.165) is 25.2 Å². The number of carboxylic acid groups (broad SMARTS) is 1. The van der Waals surface area contributed by atoms with Crippen molar-refractivity contribution < 1.29 is 9.90 Å². The molecule has 0 aliphatic heterocycles. The third kappa shape index (κ3) is 5.01. The number of carbonyl (C=O) groups is 1. The number of rotatable bonds is 6. The summed E-state index contributed by atoms with van der Waals surface area (Å²) in [7, 11) is 0. The Labute approximate surface area is 92.4 Å². The van der Waals surface area contributed by atoms with Crippen molar-refractivity contribution in [3.8, 4) is 0 Å². The molecule has 0 saturated heterocycles. The largest absolute Gasteiger partial charge is 0.481 e. The van der Waals surface area contributed by atoms with Gasteiger partial charge in [-0.2, -0.15) is 0 Å². The third-order valence-corrected chi connectivity index (χ3v) is 3.45. The highest BCUT2D eigenvalue weighted by atomic mass is 16.4. The first-order valence-electron chi connectivity index (χ1n) is 6.05. The minimum absolute atomic E-state index is 0.374. The Bertz CT molecular complexity index is 203. The molecule has 0 aromatic carbocycles. The highest BCUT2D eigenvalue weighted by molar-refractivity contribution is 5.67. The zero-order valence-corrected chi connectivity index (χ0v) is 9.45. The normalized spacial score (nSPS) is 26.1. The zero-order chi connectivity index (χ0) is 11.1. The average molecular weight is 210 g/mol. The lowest BCUT2D eigenvalue weighted by atomic mass is 9.78. The fourth-order valence-electron chi connectivity index (χ4n) is 2.52. The summed E-state index contributed by atoms with van der Waals surface area (Å²) in [6.45, 7) is 3.72. The fourth-order valence-corrected chi connectivity index (χ4v) is 2.52. The Morgan fingerprint density at radius 3 is 2.40 bits per heavy atom. The lowest BCUT2D eigenvalue weighted by molar-refractivity contribution is -0.138. The smallest absolute Gasteiger partial charge is 0.303 e. The summed E-state index contributed by atoms with van der Waals surface area (Å²) in [5, 5.41) is 8.69. The molecular weight excluding hydrogens is 188 g/mol. The SMILES string of the molecule is C=CCCCC1CCC(CC(=O)O)CC1. The summed E-state index contributed by atoms with van der Waals surface area (Å²) < 4.78 is 0. The summed E-state index contributed by atoms with van der Waals surface area (Å²) in [4.78, 5) is 10.5. The Hall–Kier alpha value is -0.790. The molecule has 0 unspecified atom stereocenters. The van der Waals surface area contributed by atoms with Crippen molar-refractivity contribution in [1.82, 2.24) is 0 Å². The molecular formula is C13H22O2. The summed E-state index contributed by atoms with van der Waals surface area (Å²) in [6, 6.07) is 0. The quantitative estimate of drug-likeness (QED) is 0.537. The Kier molecular flexibility index (Phi) is 5.44. The van der Waals surface area contributed by atoms with Gasteiger partial charge in [-0.3, -0.25) is 4.79 Å². The van der Waals surface area contributed by atoms with Crippen LogP contribution in [0.25, 0.3) is 0 Å². The molecule has 1 saturated carbocycles. The van der Waals surface area contributed by atoms with E-state index in [1.807, 2.05) is 6.08 Å². The maximum atomic E-state index is 10.5. The van der Waals surface area contributed by atoms with Crippen LogP contribution in [-0.4, -0.2) is 11.1 Å². The lowest BCUT2D eigenvalue weighted by Gasteiger charge is -2.27. The molecule has 2 nitrogen and oxygen atoms in total. The first-order chi connectivity index (χ1) is 7.22. The molecule has 1 aliphatic carbocycles. The second-order valence-electron chi connectivity index (χ2n) is 4.70. The molecule has 0 amide bonds. The van der Waals surface area contributed by atoms with Gasteiger partial charge in [0.05, 0.1) is 0 Å². The van der Waals surface area contributed by atoms with Gasteiger partial charge >= 0.3 is 5.97 Å². The lowest BCUT2D eigenvalue weighted by Crippen LogP contribution is -2.17. The highest BCUT2D eigenvalue weighted by Crippen LogP contribution is 2.33. The molecule has 0 bridgehead atoms. The van der Waals surface area contributed by atoms with E-state index in [1.165, 1.54) is 25.7 Å². The van der Waals surface area contributed by atoms with E-state index >= 15 is 0 Å². The van der Waals surface area contributed by atoms with Gasteiger partial charge in [0, 0.05) is 6.42 Å². The molecule has 1 N–H and O–H groups in total. The molecule has 0 heterocycles. The van der Waals surface area contributed by atoms with Crippen molar-refractivity contribution in [2.24, 2.45) is 11.8 Å². The van der Waals surface area contributed by atoms with Gasteiger partial charge in [0.25, 0.3) is 0 Å². The average Bonchev–Trinajstić information content (AvgIpc) is 2.20. The first kappa shape index (κ1) is 12.3. The van der Waals surface area contributed by atoms with Crippen LogP contribution >= 0.6 is 0 Å². The van der Waals surface area contributed by atoms with E-state index in [2.05, 4.69) is 6.58 Å². The topological polar surface area (TPSA) is 37.3 Å². The van der Waals surface area contributed by atoms with Crippen LogP contribution in [0, 0.1) is 11.8 Å². The van der Waals surface area contributed by atoms with Crippen molar-refractivity contribution >= 4 is 5.97 Å². The van der Waals surface area contributed by atoms with Crippen LogP contribution < -0.4 is 0 Å². The minimum Gasteiger partial charge on any atom is -0.481 e. The molecule has 1 rings (SSSR count). The van der Waals surface area contributed by atoms with Crippen LogP contribution in [0.5, 0.6) is 0 Å². The maximum Gasteiger partial charge on any atom is 0.303 e. The minimum atomic E-state index is -0.634. The van der Waals surface area contributed by atoms with Gasteiger partial charge in [0.15, 0.2) is 0 Å². The first-order valence-corrected chi connectivity index (χ1v) is 6.05. The second-order valence-corrected chi connectivity index (χ2v) is 4.70. The van der Waals surface area contributed by atoms with Crippen molar-refractivity contribution in [2.45, 2.75) is 51.4 Å². The van der Waals surface area contributed by atoms with Crippen LogP contribution in [0.1, 0.15) is 51.4 Å². The monoisotopic (exact) mass is 210 g/mol. The molecule has 1 aliphatic rings. The van der Waals surface area contributed by atoms with Gasteiger partial charge in [-0.25, -0.2) is 0 Å². The molecule has 0 aromatic rings. The number of hydrogen-bond donors (Lipinski definition) is 1. The molecule has 2 heteroatoms. The van der Waals surface area contributed by atoms with Crippen molar-refractivity contribution in [1.29, 1.82) is 0 Å². The summed E-state index contributed by atoms with van der Waals surface area (Å²) >= 11 is 0. The summed E-state index contributed by atoms with van der Waals surface area (Å²) in [5.74, 6) is 0.651. The molecule has 1 fully saturated rings. The van der Waals surface area contributed by atoms with Crippen molar-refractivity contribution in [3.63, 3.8) is 0 Å². The summed E-state index contributed by atoms with van der Waals surface area (Å²) in [6.07, 6.45) is 10.7.